The summed E-state index contributed by atoms with van der Waals surface area (Å²) in [5.41, 5.74) is 6.21. The molecule has 0 saturated carbocycles. The molecule has 0 unspecified atom stereocenters. The molecule has 0 aliphatic rings. The second-order valence-electron chi connectivity index (χ2n) is 2.55. The van der Waals surface area contributed by atoms with Crippen molar-refractivity contribution in [2.45, 2.75) is 11.8 Å². The van der Waals surface area contributed by atoms with Gasteiger partial charge < -0.3 is 10.3 Å². The smallest absolute Gasteiger partial charge is 0.744 e. The molecule has 0 heterocycles. The minimum Gasteiger partial charge on any atom is -0.744 e. The van der Waals surface area contributed by atoms with E-state index >= 15 is 0 Å². The zero-order valence-electron chi connectivity index (χ0n) is 7.74. The Morgan fingerprint density at radius 2 is 1.93 bits per heavy atom. The van der Waals surface area contributed by atoms with Gasteiger partial charge >= 0.3 is 29.6 Å². The van der Waals surface area contributed by atoms with Gasteiger partial charge in [-0.25, -0.2) is 8.42 Å². The maximum absolute atomic E-state index is 10.6. The monoisotopic (exact) mass is 243 g/mol. The number of nitrogen functional groups attached to an aromatic ring is 1. The van der Waals surface area contributed by atoms with Gasteiger partial charge in [0, 0.05) is 5.69 Å². The molecule has 0 saturated heterocycles. The molecule has 0 radical (unpaired) electrons. The average molecular weight is 244 g/mol. The van der Waals surface area contributed by atoms with Crippen molar-refractivity contribution in [1.29, 1.82) is 0 Å². The Bertz CT molecular complexity index is 446. The maximum atomic E-state index is 10.6. The van der Waals surface area contributed by atoms with Gasteiger partial charge in [0.05, 0.1) is 9.92 Å². The van der Waals surface area contributed by atoms with Crippen LogP contribution in [0.4, 0.5) is 5.69 Å². The number of benzene rings is 1. The van der Waals surface area contributed by atoms with E-state index < -0.39 is 15.0 Å². The van der Waals surface area contributed by atoms with E-state index in [0.717, 1.165) is 6.07 Å². The molecule has 0 bridgehead atoms. The molecule has 72 valence electrons. The number of anilines is 1. The summed E-state index contributed by atoms with van der Waals surface area (Å²) < 4.78 is 31.9. The first-order chi connectivity index (χ1) is 5.84. The van der Waals surface area contributed by atoms with Gasteiger partial charge in [-0.1, -0.05) is 11.6 Å². The third kappa shape index (κ3) is 2.85. The topological polar surface area (TPSA) is 83.2 Å². The number of hydrogen-bond donors (Lipinski definition) is 1. The van der Waals surface area contributed by atoms with Crippen LogP contribution in [0.5, 0.6) is 0 Å². The minimum atomic E-state index is -4.51. The Morgan fingerprint density at radius 1 is 1.43 bits per heavy atom. The van der Waals surface area contributed by atoms with Gasteiger partial charge in [0.1, 0.15) is 10.1 Å². The second-order valence-corrected chi connectivity index (χ2v) is 4.27. The molecule has 0 aromatic heterocycles. The molecule has 0 spiro atoms. The van der Waals surface area contributed by atoms with Gasteiger partial charge in [-0.15, -0.1) is 0 Å². The van der Waals surface area contributed by atoms with Crippen LogP contribution in [0.2, 0.25) is 5.02 Å². The van der Waals surface area contributed by atoms with Crippen LogP contribution in [0, 0.1) is 6.92 Å². The summed E-state index contributed by atoms with van der Waals surface area (Å²) in [6.45, 7) is 1.55. The van der Waals surface area contributed by atoms with E-state index in [4.69, 9.17) is 17.3 Å². The normalized spacial score (nSPS) is 10.8. The Kier molecular flexibility index (Phi) is 4.90. The second kappa shape index (κ2) is 4.83. The van der Waals surface area contributed by atoms with E-state index in [-0.39, 0.29) is 34.6 Å². The molecule has 1 aromatic carbocycles. The predicted molar refractivity (Wildman–Crippen MR) is 48.6 cm³/mol. The Hall–Kier alpha value is 0.220. The van der Waals surface area contributed by atoms with Gasteiger partial charge in [-0.3, -0.25) is 0 Å². The molecule has 2 N–H and O–H groups in total. The summed E-state index contributed by atoms with van der Waals surface area (Å²) in [6, 6.07) is 2.44. The quantitative estimate of drug-likeness (QED) is 0.356. The van der Waals surface area contributed by atoms with Crippen molar-refractivity contribution in [2.75, 3.05) is 5.73 Å². The zero-order chi connectivity index (χ0) is 10.2. The van der Waals surface area contributed by atoms with Crippen LogP contribution in [0.15, 0.2) is 17.0 Å². The summed E-state index contributed by atoms with van der Waals surface area (Å²) >= 11 is 5.62. The van der Waals surface area contributed by atoms with Crippen molar-refractivity contribution < 1.29 is 42.5 Å². The van der Waals surface area contributed by atoms with Crippen LogP contribution in [0.3, 0.4) is 0 Å². The van der Waals surface area contributed by atoms with Crippen LogP contribution in [-0.4, -0.2) is 13.0 Å². The Labute approximate surface area is 109 Å². The van der Waals surface area contributed by atoms with Gasteiger partial charge in [-0.2, -0.15) is 0 Å². The Morgan fingerprint density at radius 3 is 2.36 bits per heavy atom. The van der Waals surface area contributed by atoms with Crippen LogP contribution in [-0.2, 0) is 10.1 Å². The van der Waals surface area contributed by atoms with Crippen molar-refractivity contribution in [2.24, 2.45) is 0 Å². The molecule has 14 heavy (non-hydrogen) atoms. The largest absolute Gasteiger partial charge is 1.00 e. The molecular weight excluding hydrogens is 237 g/mol. The molecule has 4 nitrogen and oxygen atoms in total. The first kappa shape index (κ1) is 14.2. The van der Waals surface area contributed by atoms with E-state index in [1.165, 1.54) is 6.07 Å². The van der Waals surface area contributed by atoms with E-state index in [9.17, 15) is 13.0 Å². The molecule has 0 aliphatic heterocycles. The summed E-state index contributed by atoms with van der Waals surface area (Å²) in [4.78, 5) is -0.430. The third-order valence-electron chi connectivity index (χ3n) is 1.66. The van der Waals surface area contributed by atoms with Crippen LogP contribution in [0.1, 0.15) is 5.56 Å². The first-order valence-electron chi connectivity index (χ1n) is 3.34. The molecule has 7 heteroatoms. The maximum Gasteiger partial charge on any atom is 1.00 e. The van der Waals surface area contributed by atoms with Gasteiger partial charge in [0.2, 0.25) is 0 Å². The van der Waals surface area contributed by atoms with Crippen molar-refractivity contribution in [3.05, 3.63) is 22.7 Å². The molecular formula is C7H7ClNNaO3S. The van der Waals surface area contributed by atoms with Gasteiger partial charge in [-0.05, 0) is 24.6 Å². The summed E-state index contributed by atoms with van der Waals surface area (Å²) in [5.74, 6) is 0. The molecule has 1 aromatic rings. The number of nitrogens with two attached hydrogens (primary N) is 1. The predicted octanol–water partition coefficient (Wildman–Crippen LogP) is -1.86. The summed E-state index contributed by atoms with van der Waals surface area (Å²) in [7, 11) is -4.51. The number of halogens is 1. The van der Waals surface area contributed by atoms with Crippen LogP contribution >= 0.6 is 11.6 Å². The third-order valence-corrected chi connectivity index (χ3v) is 3.14. The van der Waals surface area contributed by atoms with Crippen molar-refractivity contribution in [3.8, 4) is 0 Å². The molecule has 1 rings (SSSR count). The average Bonchev–Trinajstić information content (AvgIpc) is 1.98. The zero-order valence-corrected chi connectivity index (χ0v) is 11.3. The first-order valence-corrected chi connectivity index (χ1v) is 5.13. The fourth-order valence-electron chi connectivity index (χ4n) is 0.868. The number of hydrogen-bond acceptors (Lipinski definition) is 4. The van der Waals surface area contributed by atoms with Crippen LogP contribution < -0.4 is 35.3 Å². The molecule has 0 atom stereocenters. The van der Waals surface area contributed by atoms with Gasteiger partial charge in [0.25, 0.3) is 0 Å². The molecule has 0 amide bonds. The van der Waals surface area contributed by atoms with E-state index in [2.05, 4.69) is 0 Å². The van der Waals surface area contributed by atoms with Crippen molar-refractivity contribution >= 4 is 27.4 Å². The molecule has 0 aliphatic carbocycles. The van der Waals surface area contributed by atoms with Crippen LogP contribution in [0.25, 0.3) is 0 Å². The number of rotatable bonds is 1. The minimum absolute atomic E-state index is 0. The fraction of sp³-hybridized carbons (Fsp3) is 0.143. The van der Waals surface area contributed by atoms with E-state index in [1.807, 2.05) is 0 Å². The molecule has 0 fully saturated rings. The van der Waals surface area contributed by atoms with Crippen molar-refractivity contribution in [3.63, 3.8) is 0 Å². The Balaban J connectivity index is 0.00000169. The van der Waals surface area contributed by atoms with E-state index in [1.54, 1.807) is 6.92 Å². The summed E-state index contributed by atoms with van der Waals surface area (Å²) in [5, 5.41) is -0.102. The van der Waals surface area contributed by atoms with Gasteiger partial charge in [0.15, 0.2) is 0 Å². The SMILES string of the molecule is Cc1c(N)ccc(S(=O)(=O)[O-])c1Cl.[Na+]. The fourth-order valence-corrected chi connectivity index (χ4v) is 1.93. The van der Waals surface area contributed by atoms with Crippen molar-refractivity contribution in [1.82, 2.24) is 0 Å². The summed E-state index contributed by atoms with van der Waals surface area (Å²) in [6.07, 6.45) is 0. The van der Waals surface area contributed by atoms with E-state index in [0.29, 0.717) is 11.3 Å². The standard InChI is InChI=1S/C7H8ClNO3S.Na/c1-4-5(9)2-3-6(7(4)8)13(10,11)12;/h2-3H,9H2,1H3,(H,10,11,12);/q;+1/p-1.